The van der Waals surface area contributed by atoms with E-state index in [-0.39, 0.29) is 0 Å². The Labute approximate surface area is 90.5 Å². The van der Waals surface area contributed by atoms with Crippen molar-refractivity contribution in [1.29, 1.82) is 0 Å². The van der Waals surface area contributed by atoms with E-state index in [1.165, 1.54) is 25.7 Å². The predicted molar refractivity (Wildman–Crippen MR) is 64.3 cm³/mol. The van der Waals surface area contributed by atoms with E-state index >= 15 is 0 Å². The lowest BCUT2D eigenvalue weighted by Crippen LogP contribution is -2.28. The average molecular weight is 196 g/mol. The summed E-state index contributed by atoms with van der Waals surface area (Å²) in [6, 6.07) is 0. The van der Waals surface area contributed by atoms with E-state index in [2.05, 4.69) is 34.6 Å². The van der Waals surface area contributed by atoms with Gasteiger partial charge < -0.3 is 0 Å². The summed E-state index contributed by atoms with van der Waals surface area (Å²) in [5.41, 5.74) is 0. The van der Waals surface area contributed by atoms with Gasteiger partial charge in [0.05, 0.1) is 0 Å². The third-order valence-electron chi connectivity index (χ3n) is 3.93. The van der Waals surface area contributed by atoms with Gasteiger partial charge in [0, 0.05) is 0 Å². The minimum atomic E-state index is 0.881. The lowest BCUT2D eigenvalue weighted by Gasteiger charge is -2.38. The van der Waals surface area contributed by atoms with Gasteiger partial charge in [-0.25, -0.2) is 0 Å². The Morgan fingerprint density at radius 2 is 1.71 bits per heavy atom. The fourth-order valence-electron chi connectivity index (χ4n) is 3.28. The summed E-state index contributed by atoms with van der Waals surface area (Å²) in [5.74, 6) is 4.78. The van der Waals surface area contributed by atoms with E-state index in [0.29, 0.717) is 0 Å². The Bertz CT molecular complexity index is 155. The van der Waals surface area contributed by atoms with Crippen molar-refractivity contribution in [2.45, 2.75) is 60.3 Å². The van der Waals surface area contributed by atoms with Crippen LogP contribution in [0.4, 0.5) is 0 Å². The lowest BCUT2D eigenvalue weighted by molar-refractivity contribution is 0.125. The summed E-state index contributed by atoms with van der Waals surface area (Å²) in [6.07, 6.45) is 5.89. The van der Waals surface area contributed by atoms with E-state index in [0.717, 1.165) is 29.6 Å². The van der Waals surface area contributed by atoms with Crippen LogP contribution in [0.3, 0.4) is 0 Å². The largest absolute Gasteiger partial charge is 0.0628 e. The summed E-state index contributed by atoms with van der Waals surface area (Å²) in [7, 11) is 0. The molecule has 0 aromatic rings. The second-order valence-electron chi connectivity index (χ2n) is 6.22. The van der Waals surface area contributed by atoms with Crippen molar-refractivity contribution in [2.24, 2.45) is 29.6 Å². The van der Waals surface area contributed by atoms with Gasteiger partial charge in [-0.05, 0) is 48.9 Å². The number of hydrogen-bond acceptors (Lipinski definition) is 0. The topological polar surface area (TPSA) is 0 Å². The molecule has 0 heterocycles. The van der Waals surface area contributed by atoms with E-state index in [1.807, 2.05) is 0 Å². The van der Waals surface area contributed by atoms with Crippen molar-refractivity contribution in [3.63, 3.8) is 0 Å². The van der Waals surface area contributed by atoms with Crippen LogP contribution in [-0.2, 0) is 0 Å². The molecule has 14 heavy (non-hydrogen) atoms. The highest BCUT2D eigenvalue weighted by Gasteiger charge is 2.30. The van der Waals surface area contributed by atoms with E-state index < -0.39 is 0 Å². The lowest BCUT2D eigenvalue weighted by atomic mass is 9.68. The molecule has 0 unspecified atom stereocenters. The van der Waals surface area contributed by atoms with Gasteiger partial charge in [-0.2, -0.15) is 0 Å². The smallest absolute Gasteiger partial charge is 0.0362 e. The fraction of sp³-hybridized carbons (Fsp3) is 1.00. The summed E-state index contributed by atoms with van der Waals surface area (Å²) in [4.78, 5) is 0. The van der Waals surface area contributed by atoms with Gasteiger partial charge in [0.1, 0.15) is 0 Å². The normalized spacial score (nSPS) is 34.1. The first-order chi connectivity index (χ1) is 6.50. The summed E-state index contributed by atoms with van der Waals surface area (Å²) in [5, 5.41) is 0. The van der Waals surface area contributed by atoms with Gasteiger partial charge in [0.2, 0.25) is 0 Å². The van der Waals surface area contributed by atoms with Crippen LogP contribution in [-0.4, -0.2) is 0 Å². The molecule has 0 saturated heterocycles. The first-order valence-electron chi connectivity index (χ1n) is 6.50. The van der Waals surface area contributed by atoms with Crippen LogP contribution in [0.2, 0.25) is 0 Å². The highest BCUT2D eigenvalue weighted by atomic mass is 14.4. The molecule has 0 N–H and O–H groups in total. The van der Waals surface area contributed by atoms with Crippen LogP contribution in [0.5, 0.6) is 0 Å². The molecule has 0 aliphatic heterocycles. The van der Waals surface area contributed by atoms with Gasteiger partial charge in [-0.1, -0.05) is 41.0 Å². The highest BCUT2D eigenvalue weighted by Crippen LogP contribution is 2.40. The van der Waals surface area contributed by atoms with Crippen molar-refractivity contribution in [3.8, 4) is 0 Å². The third-order valence-corrected chi connectivity index (χ3v) is 3.93. The summed E-state index contributed by atoms with van der Waals surface area (Å²) >= 11 is 0. The van der Waals surface area contributed by atoms with Crippen molar-refractivity contribution in [1.82, 2.24) is 0 Å². The number of rotatable bonds is 3. The molecular formula is C14H28. The molecule has 0 radical (unpaired) electrons. The minimum absolute atomic E-state index is 0.881. The van der Waals surface area contributed by atoms with Gasteiger partial charge in [-0.15, -0.1) is 0 Å². The minimum Gasteiger partial charge on any atom is -0.0628 e. The molecule has 3 atom stereocenters. The van der Waals surface area contributed by atoms with Crippen molar-refractivity contribution >= 4 is 0 Å². The molecule has 1 saturated carbocycles. The van der Waals surface area contributed by atoms with Crippen LogP contribution in [0.1, 0.15) is 60.3 Å². The molecule has 0 heteroatoms. The monoisotopic (exact) mass is 196 g/mol. The zero-order valence-corrected chi connectivity index (χ0v) is 10.7. The van der Waals surface area contributed by atoms with Crippen LogP contribution in [0.25, 0.3) is 0 Å². The first kappa shape index (κ1) is 12.1. The van der Waals surface area contributed by atoms with Crippen LogP contribution in [0.15, 0.2) is 0 Å². The Balaban J connectivity index is 2.54. The van der Waals surface area contributed by atoms with Crippen molar-refractivity contribution in [3.05, 3.63) is 0 Å². The van der Waals surface area contributed by atoms with Crippen LogP contribution >= 0.6 is 0 Å². The number of hydrogen-bond donors (Lipinski definition) is 0. The zero-order chi connectivity index (χ0) is 10.7. The predicted octanol–water partition coefficient (Wildman–Crippen LogP) is 4.74. The molecule has 1 rings (SSSR count). The Hall–Kier alpha value is 0. The van der Waals surface area contributed by atoms with E-state index in [4.69, 9.17) is 0 Å². The average Bonchev–Trinajstić information content (AvgIpc) is 2.01. The van der Waals surface area contributed by atoms with Crippen molar-refractivity contribution in [2.75, 3.05) is 0 Å². The maximum atomic E-state index is 2.43. The van der Waals surface area contributed by atoms with Gasteiger partial charge in [0.15, 0.2) is 0 Å². The quantitative estimate of drug-likeness (QED) is 0.611. The van der Waals surface area contributed by atoms with Crippen LogP contribution < -0.4 is 0 Å². The molecule has 1 aliphatic rings. The Kier molecular flexibility index (Phi) is 4.47. The molecule has 84 valence electrons. The molecule has 0 amide bonds. The van der Waals surface area contributed by atoms with E-state index in [9.17, 15) is 0 Å². The van der Waals surface area contributed by atoms with E-state index in [1.54, 1.807) is 0 Å². The second kappa shape index (κ2) is 5.19. The molecule has 0 bridgehead atoms. The van der Waals surface area contributed by atoms with Crippen LogP contribution in [0, 0.1) is 29.6 Å². The molecule has 0 nitrogen and oxygen atoms in total. The maximum absolute atomic E-state index is 2.43. The molecule has 1 aliphatic carbocycles. The SMILES string of the molecule is CC(C)C[C@@H]1C[C@@H](C)CC[C@@H]1C(C)C. The van der Waals surface area contributed by atoms with Gasteiger partial charge >= 0.3 is 0 Å². The van der Waals surface area contributed by atoms with Gasteiger partial charge in [0.25, 0.3) is 0 Å². The maximum Gasteiger partial charge on any atom is -0.0362 e. The third kappa shape index (κ3) is 3.29. The molecular weight excluding hydrogens is 168 g/mol. The van der Waals surface area contributed by atoms with Crippen molar-refractivity contribution < 1.29 is 0 Å². The Morgan fingerprint density at radius 3 is 2.21 bits per heavy atom. The molecule has 1 fully saturated rings. The summed E-state index contributed by atoms with van der Waals surface area (Å²) < 4.78 is 0. The highest BCUT2D eigenvalue weighted by molar-refractivity contribution is 4.81. The molecule has 0 aromatic heterocycles. The summed E-state index contributed by atoms with van der Waals surface area (Å²) in [6.45, 7) is 12.0. The fourth-order valence-corrected chi connectivity index (χ4v) is 3.28. The first-order valence-corrected chi connectivity index (χ1v) is 6.50. The molecule has 0 aromatic carbocycles. The van der Waals surface area contributed by atoms with Gasteiger partial charge in [-0.3, -0.25) is 0 Å². The Morgan fingerprint density at radius 1 is 1.07 bits per heavy atom. The standard InChI is InChI=1S/C14H28/c1-10(2)8-13-9-12(5)6-7-14(13)11(3)4/h10-14H,6-9H2,1-5H3/t12-,13+,14+/m0/s1. The molecule has 0 spiro atoms. The second-order valence-corrected chi connectivity index (χ2v) is 6.22. The zero-order valence-electron chi connectivity index (χ0n) is 10.7.